The zero-order valence-corrected chi connectivity index (χ0v) is 42.9. The Morgan fingerprint density at radius 2 is 0.724 bits per heavy atom. The van der Waals surface area contributed by atoms with Crippen LogP contribution in [0.1, 0.15) is 49.8 Å². The van der Waals surface area contributed by atoms with Crippen molar-refractivity contribution >= 4 is 58.0 Å². The summed E-state index contributed by atoms with van der Waals surface area (Å²) in [5.74, 6) is 0.721. The number of carbonyl (C=O) groups is 1. The van der Waals surface area contributed by atoms with Crippen molar-refractivity contribution in [3.05, 3.63) is 185 Å². The standard InChI is InChI=1S/C64H59N5O7/c1-41-4-10-44(11-5-41)60-50-21-23-52(66-50)61(45-12-6-42(2)7-13-45)54-25-27-56(68-54)63(57-28-26-55(69-57)62(53-24-22-51(60)67-53)46-14-8-43(3)9-15-46)47-16-18-48(19-17-47)64(70)65-49-20-29-58-59(40-49)76-39-37-74-35-33-72-31-30-71-32-34-73-36-38-75-58/h4-29,40,66,69H,30-39H2,1-3H3,(H,65,70). The lowest BCUT2D eigenvalue weighted by molar-refractivity contribution is -0.00841. The van der Waals surface area contributed by atoms with Gasteiger partial charge < -0.3 is 43.7 Å². The lowest BCUT2D eigenvalue weighted by Gasteiger charge is -2.15. The highest BCUT2D eigenvalue weighted by Crippen LogP contribution is 2.39. The molecule has 3 aromatic heterocycles. The summed E-state index contributed by atoms with van der Waals surface area (Å²) in [6.45, 7) is 10.4. The van der Waals surface area contributed by atoms with Crippen LogP contribution in [0, 0.1) is 20.8 Å². The number of fused-ring (bicyclic) bond motifs is 9. The Morgan fingerprint density at radius 1 is 0.395 bits per heavy atom. The number of ether oxygens (including phenoxy) is 6. The number of nitrogens with zero attached hydrogens (tertiary/aromatic N) is 2. The van der Waals surface area contributed by atoms with E-state index in [1.807, 2.05) is 24.3 Å². The van der Waals surface area contributed by atoms with Gasteiger partial charge in [0.2, 0.25) is 0 Å². The minimum absolute atomic E-state index is 0.276. The van der Waals surface area contributed by atoms with Crippen molar-refractivity contribution in [2.75, 3.05) is 71.4 Å². The van der Waals surface area contributed by atoms with E-state index in [-0.39, 0.29) is 12.5 Å². The Kier molecular flexibility index (Phi) is 15.1. The molecule has 3 aliphatic heterocycles. The summed E-state index contributed by atoms with van der Waals surface area (Å²) in [5, 5.41) is 3.07. The largest absolute Gasteiger partial charge is 0.487 e. The lowest BCUT2D eigenvalue weighted by Crippen LogP contribution is -2.16. The average Bonchev–Trinajstić information content (AvgIpc) is 4.33. The third-order valence-corrected chi connectivity index (χ3v) is 13.5. The molecule has 11 rings (SSSR count). The number of H-pyrrole nitrogens is 2. The monoisotopic (exact) mass is 1010 g/mol. The lowest BCUT2D eigenvalue weighted by atomic mass is 10.0. The number of rotatable bonds is 6. The zero-order chi connectivity index (χ0) is 51.8. The summed E-state index contributed by atoms with van der Waals surface area (Å²) < 4.78 is 34.7. The van der Waals surface area contributed by atoms with Gasteiger partial charge in [-0.1, -0.05) is 102 Å². The number of hydrogen-bond donors (Lipinski definition) is 3. The van der Waals surface area contributed by atoms with Crippen LogP contribution in [0.4, 0.5) is 5.69 Å². The Morgan fingerprint density at radius 3 is 1.09 bits per heavy atom. The minimum atomic E-state index is -0.283. The van der Waals surface area contributed by atoms with Gasteiger partial charge in [-0.25, -0.2) is 9.97 Å². The number of aromatic amines is 2. The molecule has 0 radical (unpaired) electrons. The molecule has 0 saturated heterocycles. The highest BCUT2D eigenvalue weighted by Gasteiger charge is 2.20. The summed E-state index contributed by atoms with van der Waals surface area (Å²) in [5.41, 5.74) is 19.3. The molecule has 382 valence electrons. The molecule has 0 aliphatic carbocycles. The molecule has 76 heavy (non-hydrogen) atoms. The van der Waals surface area contributed by atoms with E-state index in [0.29, 0.717) is 82.2 Å². The maximum Gasteiger partial charge on any atom is 0.255 e. The number of carbonyl (C=O) groups excluding carboxylic acids is 1. The maximum atomic E-state index is 14.0. The van der Waals surface area contributed by atoms with Gasteiger partial charge in [-0.05, 0) is 116 Å². The fraction of sp³-hybridized carbons (Fsp3) is 0.203. The Hall–Kier alpha value is -8.39. The third-order valence-electron chi connectivity index (χ3n) is 13.5. The summed E-state index contributed by atoms with van der Waals surface area (Å²) in [4.78, 5) is 32.6. The van der Waals surface area contributed by atoms with Crippen molar-refractivity contribution in [2.24, 2.45) is 0 Å². The molecule has 0 saturated carbocycles. The minimum Gasteiger partial charge on any atom is -0.487 e. The van der Waals surface area contributed by atoms with E-state index in [2.05, 4.69) is 157 Å². The molecule has 8 bridgehead atoms. The fourth-order valence-corrected chi connectivity index (χ4v) is 9.57. The molecule has 0 atom stereocenters. The van der Waals surface area contributed by atoms with Gasteiger partial charge in [0.15, 0.2) is 11.5 Å². The van der Waals surface area contributed by atoms with Crippen molar-refractivity contribution < 1.29 is 33.2 Å². The summed E-state index contributed by atoms with van der Waals surface area (Å²) in [6.07, 6.45) is 8.41. The van der Waals surface area contributed by atoms with Crippen LogP contribution in [-0.2, 0) is 18.9 Å². The van der Waals surface area contributed by atoms with Gasteiger partial charge in [0.25, 0.3) is 5.91 Å². The summed E-state index contributed by atoms with van der Waals surface area (Å²) in [7, 11) is 0. The number of anilines is 1. The highest BCUT2D eigenvalue weighted by molar-refractivity contribution is 6.05. The number of hydrogen-bond acceptors (Lipinski definition) is 9. The molecule has 3 N–H and O–H groups in total. The van der Waals surface area contributed by atoms with Gasteiger partial charge in [-0.2, -0.15) is 0 Å². The maximum absolute atomic E-state index is 14.0. The van der Waals surface area contributed by atoms with Crippen LogP contribution in [-0.4, -0.2) is 91.9 Å². The summed E-state index contributed by atoms with van der Waals surface area (Å²) in [6, 6.07) is 47.3. The number of amides is 1. The molecule has 6 heterocycles. The van der Waals surface area contributed by atoms with Crippen molar-refractivity contribution in [2.45, 2.75) is 20.8 Å². The molecule has 8 aromatic rings. The van der Waals surface area contributed by atoms with Crippen LogP contribution in [0.3, 0.4) is 0 Å². The van der Waals surface area contributed by atoms with E-state index >= 15 is 0 Å². The second kappa shape index (κ2) is 23.0. The average molecular weight is 1010 g/mol. The van der Waals surface area contributed by atoms with Crippen LogP contribution < -0.4 is 14.8 Å². The number of aromatic nitrogens is 4. The first-order valence-electron chi connectivity index (χ1n) is 25.8. The number of benzene rings is 5. The second-order valence-electron chi connectivity index (χ2n) is 18.9. The van der Waals surface area contributed by atoms with Crippen molar-refractivity contribution in [1.29, 1.82) is 0 Å². The van der Waals surface area contributed by atoms with Gasteiger partial charge in [0.05, 0.1) is 75.6 Å². The van der Waals surface area contributed by atoms with Gasteiger partial charge in [0.1, 0.15) is 13.2 Å². The van der Waals surface area contributed by atoms with E-state index in [9.17, 15) is 4.79 Å². The van der Waals surface area contributed by atoms with Crippen LogP contribution in [0.5, 0.6) is 11.5 Å². The van der Waals surface area contributed by atoms with Crippen molar-refractivity contribution in [3.63, 3.8) is 0 Å². The van der Waals surface area contributed by atoms with Gasteiger partial charge in [-0.3, -0.25) is 4.79 Å². The second-order valence-corrected chi connectivity index (χ2v) is 18.9. The highest BCUT2D eigenvalue weighted by atomic mass is 16.6. The van der Waals surface area contributed by atoms with Gasteiger partial charge in [-0.15, -0.1) is 0 Å². The predicted octanol–water partition coefficient (Wildman–Crippen LogP) is 13.3. The quantitative estimate of drug-likeness (QED) is 0.148. The number of nitrogens with one attached hydrogen (secondary N) is 3. The molecular weight excluding hydrogens is 951 g/mol. The molecular formula is C64H59N5O7. The van der Waals surface area contributed by atoms with E-state index in [4.69, 9.17) is 38.4 Å². The van der Waals surface area contributed by atoms with E-state index in [0.717, 1.165) is 89.4 Å². The summed E-state index contributed by atoms with van der Waals surface area (Å²) >= 11 is 0. The Labute approximate surface area is 442 Å². The first kappa shape index (κ1) is 49.8. The van der Waals surface area contributed by atoms with Gasteiger partial charge >= 0.3 is 0 Å². The molecule has 0 fully saturated rings. The van der Waals surface area contributed by atoms with Crippen LogP contribution in [0.15, 0.2) is 140 Å². The molecule has 1 amide bonds. The molecule has 12 nitrogen and oxygen atoms in total. The predicted molar refractivity (Wildman–Crippen MR) is 303 cm³/mol. The number of aryl methyl sites for hydroxylation is 3. The molecule has 5 aromatic carbocycles. The van der Waals surface area contributed by atoms with Crippen molar-refractivity contribution in [3.8, 4) is 56.0 Å². The van der Waals surface area contributed by atoms with Crippen LogP contribution >= 0.6 is 0 Å². The zero-order valence-electron chi connectivity index (χ0n) is 42.9. The third kappa shape index (κ3) is 11.3. The normalized spacial score (nSPS) is 14.5. The fourth-order valence-electron chi connectivity index (χ4n) is 9.57. The van der Waals surface area contributed by atoms with Crippen LogP contribution in [0.25, 0.3) is 90.9 Å². The smallest absolute Gasteiger partial charge is 0.255 e. The first-order valence-corrected chi connectivity index (χ1v) is 25.8. The first-order chi connectivity index (χ1) is 37.3. The topological polar surface area (TPSA) is 142 Å². The van der Waals surface area contributed by atoms with Gasteiger partial charge in [0, 0.05) is 61.6 Å². The molecule has 3 aliphatic rings. The Bertz CT molecular complexity index is 3570. The SMILES string of the molecule is Cc1ccc(-c2c3nc(c(-c4ccc(C)cc4)c4ccc([nH]4)c(-c4ccc(C(=O)Nc5ccc6c(c5)OCCOCCOCCOCCOCCO6)cc4)c4nc(c(-c5ccc(C)cc5)c5ccc2[nH]5)C=C4)C=C3)cc1. The molecule has 12 heteroatoms. The van der Waals surface area contributed by atoms with Crippen molar-refractivity contribution in [1.82, 2.24) is 19.9 Å². The van der Waals surface area contributed by atoms with E-state index in [1.165, 1.54) is 16.7 Å². The Balaban J connectivity index is 1.00. The molecule has 0 spiro atoms. The van der Waals surface area contributed by atoms with E-state index in [1.54, 1.807) is 18.2 Å². The van der Waals surface area contributed by atoms with E-state index < -0.39 is 0 Å². The van der Waals surface area contributed by atoms with Crippen LogP contribution in [0.2, 0.25) is 0 Å². The molecule has 0 unspecified atom stereocenters.